The van der Waals surface area contributed by atoms with Gasteiger partial charge in [0.2, 0.25) is 5.91 Å². The maximum Gasteiger partial charge on any atom is 0.255 e. The minimum Gasteiger partial charge on any atom is -0.325 e. The molecular formula is C18H16FN5O2S. The van der Waals surface area contributed by atoms with Crippen LogP contribution < -0.4 is 10.6 Å². The van der Waals surface area contributed by atoms with Crippen molar-refractivity contribution in [2.24, 2.45) is 7.05 Å². The Morgan fingerprint density at radius 1 is 1.15 bits per heavy atom. The van der Waals surface area contributed by atoms with Crippen molar-refractivity contribution >= 4 is 35.0 Å². The van der Waals surface area contributed by atoms with Gasteiger partial charge in [0.15, 0.2) is 5.16 Å². The number of hydrogen-bond donors (Lipinski definition) is 2. The molecule has 2 N–H and O–H groups in total. The van der Waals surface area contributed by atoms with Crippen LogP contribution in [0.1, 0.15) is 10.4 Å². The van der Waals surface area contributed by atoms with Crippen LogP contribution in [0.25, 0.3) is 0 Å². The molecule has 0 saturated carbocycles. The summed E-state index contributed by atoms with van der Waals surface area (Å²) < 4.78 is 15.4. The zero-order valence-electron chi connectivity index (χ0n) is 14.3. The molecule has 3 aromatic rings. The highest BCUT2D eigenvalue weighted by atomic mass is 32.2. The van der Waals surface area contributed by atoms with Gasteiger partial charge in [-0.2, -0.15) is 0 Å². The summed E-state index contributed by atoms with van der Waals surface area (Å²) in [6.45, 7) is 0. The lowest BCUT2D eigenvalue weighted by Crippen LogP contribution is -2.16. The summed E-state index contributed by atoms with van der Waals surface area (Å²) in [5, 5.41) is 13.5. The van der Waals surface area contributed by atoms with Crippen molar-refractivity contribution in [3.63, 3.8) is 0 Å². The van der Waals surface area contributed by atoms with Gasteiger partial charge in [0, 0.05) is 18.3 Å². The monoisotopic (exact) mass is 385 g/mol. The van der Waals surface area contributed by atoms with Crippen molar-refractivity contribution < 1.29 is 14.0 Å². The van der Waals surface area contributed by atoms with E-state index in [0.29, 0.717) is 16.4 Å². The van der Waals surface area contributed by atoms with E-state index in [0.717, 1.165) is 0 Å². The normalized spacial score (nSPS) is 10.4. The van der Waals surface area contributed by atoms with Gasteiger partial charge in [-0.3, -0.25) is 9.59 Å². The maximum absolute atomic E-state index is 13.7. The van der Waals surface area contributed by atoms with Gasteiger partial charge >= 0.3 is 0 Å². The molecule has 138 valence electrons. The number of carbonyl (C=O) groups excluding carboxylic acids is 2. The SMILES string of the molecule is Cn1cnnc1SCC(=O)Nc1cccc(C(=O)Nc2ccccc2F)c1. The predicted molar refractivity (Wildman–Crippen MR) is 101 cm³/mol. The molecular weight excluding hydrogens is 369 g/mol. The third-order valence-corrected chi connectivity index (χ3v) is 4.57. The summed E-state index contributed by atoms with van der Waals surface area (Å²) in [6, 6.07) is 12.3. The van der Waals surface area contributed by atoms with Crippen molar-refractivity contribution in [1.82, 2.24) is 14.8 Å². The average molecular weight is 385 g/mol. The lowest BCUT2D eigenvalue weighted by molar-refractivity contribution is -0.113. The fraction of sp³-hybridized carbons (Fsp3) is 0.111. The van der Waals surface area contributed by atoms with Crippen molar-refractivity contribution in [3.8, 4) is 0 Å². The van der Waals surface area contributed by atoms with Crippen LogP contribution in [0, 0.1) is 5.82 Å². The van der Waals surface area contributed by atoms with Crippen molar-refractivity contribution in [2.75, 3.05) is 16.4 Å². The Morgan fingerprint density at radius 3 is 2.70 bits per heavy atom. The molecule has 2 amide bonds. The van der Waals surface area contributed by atoms with E-state index in [1.165, 1.54) is 30.0 Å². The van der Waals surface area contributed by atoms with Crippen LogP contribution in [0.15, 0.2) is 60.0 Å². The minimum atomic E-state index is -0.517. The van der Waals surface area contributed by atoms with Gasteiger partial charge in [0.25, 0.3) is 5.91 Å². The van der Waals surface area contributed by atoms with E-state index < -0.39 is 11.7 Å². The Morgan fingerprint density at radius 2 is 1.96 bits per heavy atom. The van der Waals surface area contributed by atoms with Gasteiger partial charge in [0.1, 0.15) is 12.1 Å². The average Bonchev–Trinajstić information content (AvgIpc) is 3.07. The quantitative estimate of drug-likeness (QED) is 0.637. The molecule has 0 saturated heterocycles. The Balaban J connectivity index is 1.61. The summed E-state index contributed by atoms with van der Waals surface area (Å²) in [6.07, 6.45) is 1.55. The number of aryl methyl sites for hydroxylation is 1. The number of hydrogen-bond acceptors (Lipinski definition) is 5. The second kappa shape index (κ2) is 8.45. The number of nitrogens with zero attached hydrogens (tertiary/aromatic N) is 3. The molecule has 0 fully saturated rings. The number of halogens is 1. The lowest BCUT2D eigenvalue weighted by atomic mass is 10.2. The van der Waals surface area contributed by atoms with Crippen LogP contribution in [0.4, 0.5) is 15.8 Å². The van der Waals surface area contributed by atoms with Crippen LogP contribution >= 0.6 is 11.8 Å². The number of rotatable bonds is 6. The topological polar surface area (TPSA) is 88.9 Å². The number of benzene rings is 2. The number of amides is 2. The van der Waals surface area contributed by atoms with E-state index in [2.05, 4.69) is 20.8 Å². The first-order chi connectivity index (χ1) is 13.0. The molecule has 7 nitrogen and oxygen atoms in total. The van der Waals surface area contributed by atoms with Crippen LogP contribution in [0.3, 0.4) is 0 Å². The zero-order valence-corrected chi connectivity index (χ0v) is 15.2. The highest BCUT2D eigenvalue weighted by Gasteiger charge is 2.11. The molecule has 0 unspecified atom stereocenters. The minimum absolute atomic E-state index is 0.0945. The third kappa shape index (κ3) is 4.91. The van der Waals surface area contributed by atoms with Crippen molar-refractivity contribution in [2.45, 2.75) is 5.16 Å². The Bertz CT molecular complexity index is 976. The molecule has 0 aliphatic rings. The number of para-hydroxylation sites is 1. The van der Waals surface area contributed by atoms with Crippen LogP contribution in [-0.4, -0.2) is 32.3 Å². The van der Waals surface area contributed by atoms with Crippen LogP contribution in [0.2, 0.25) is 0 Å². The molecule has 0 radical (unpaired) electrons. The van der Waals surface area contributed by atoms with Crippen molar-refractivity contribution in [3.05, 3.63) is 66.2 Å². The summed E-state index contributed by atoms with van der Waals surface area (Å²) in [5.41, 5.74) is 0.869. The van der Waals surface area contributed by atoms with E-state index in [9.17, 15) is 14.0 Å². The number of nitrogens with one attached hydrogen (secondary N) is 2. The summed E-state index contributed by atoms with van der Waals surface area (Å²) in [7, 11) is 1.79. The van der Waals surface area contributed by atoms with E-state index in [1.54, 1.807) is 48.3 Å². The molecule has 1 aromatic heterocycles. The van der Waals surface area contributed by atoms with Gasteiger partial charge in [-0.1, -0.05) is 30.0 Å². The van der Waals surface area contributed by atoms with Gasteiger partial charge in [-0.05, 0) is 30.3 Å². The molecule has 9 heteroatoms. The van der Waals surface area contributed by atoms with E-state index in [1.807, 2.05) is 0 Å². The van der Waals surface area contributed by atoms with Gasteiger partial charge < -0.3 is 15.2 Å². The predicted octanol–water partition coefficient (Wildman–Crippen LogP) is 2.94. The first-order valence-electron chi connectivity index (χ1n) is 7.95. The van der Waals surface area contributed by atoms with E-state index in [-0.39, 0.29) is 17.3 Å². The standard InChI is InChI=1S/C18H16FN5O2S/c1-24-11-20-23-18(24)27-10-16(25)21-13-6-4-5-12(9-13)17(26)22-15-8-3-2-7-14(15)19/h2-9,11H,10H2,1H3,(H,21,25)(H,22,26). The molecule has 1 heterocycles. The molecule has 2 aromatic carbocycles. The first-order valence-corrected chi connectivity index (χ1v) is 8.94. The highest BCUT2D eigenvalue weighted by molar-refractivity contribution is 7.99. The van der Waals surface area contributed by atoms with Gasteiger partial charge in [0.05, 0.1) is 11.4 Å². The molecule has 0 aliphatic heterocycles. The fourth-order valence-corrected chi connectivity index (χ4v) is 2.91. The van der Waals surface area contributed by atoms with E-state index in [4.69, 9.17) is 0 Å². The Hall–Kier alpha value is -3.20. The molecule has 3 rings (SSSR count). The second-order valence-electron chi connectivity index (χ2n) is 5.58. The van der Waals surface area contributed by atoms with Gasteiger partial charge in [-0.25, -0.2) is 4.39 Å². The number of anilines is 2. The number of aromatic nitrogens is 3. The fourth-order valence-electron chi connectivity index (χ4n) is 2.23. The zero-order chi connectivity index (χ0) is 19.2. The Labute approximate surface area is 159 Å². The summed E-state index contributed by atoms with van der Waals surface area (Å²) in [4.78, 5) is 24.4. The van der Waals surface area contributed by atoms with Crippen molar-refractivity contribution in [1.29, 1.82) is 0 Å². The molecule has 27 heavy (non-hydrogen) atoms. The van der Waals surface area contributed by atoms with Gasteiger partial charge in [-0.15, -0.1) is 10.2 Å². The van der Waals surface area contributed by atoms with E-state index >= 15 is 0 Å². The number of carbonyl (C=O) groups is 2. The molecule has 0 bridgehead atoms. The third-order valence-electron chi connectivity index (χ3n) is 3.53. The second-order valence-corrected chi connectivity index (χ2v) is 6.52. The summed E-state index contributed by atoms with van der Waals surface area (Å²) >= 11 is 1.25. The van der Waals surface area contributed by atoms with Crippen LogP contribution in [0.5, 0.6) is 0 Å². The maximum atomic E-state index is 13.7. The summed E-state index contributed by atoms with van der Waals surface area (Å²) in [5.74, 6) is -1.08. The highest BCUT2D eigenvalue weighted by Crippen LogP contribution is 2.17. The lowest BCUT2D eigenvalue weighted by Gasteiger charge is -2.09. The largest absolute Gasteiger partial charge is 0.325 e. The molecule has 0 aliphatic carbocycles. The number of thioether (sulfide) groups is 1. The first kappa shape index (κ1) is 18.6. The molecule has 0 atom stereocenters. The Kier molecular flexibility index (Phi) is 5.82. The van der Waals surface area contributed by atoms with Crippen LogP contribution in [-0.2, 0) is 11.8 Å². The smallest absolute Gasteiger partial charge is 0.255 e. The molecule has 0 spiro atoms.